The summed E-state index contributed by atoms with van der Waals surface area (Å²) in [6.45, 7) is 2.66. The number of anilines is 3. The number of rotatable bonds is 7. The van der Waals surface area contributed by atoms with Gasteiger partial charge < -0.3 is 15.5 Å². The fraction of sp³-hybridized carbons (Fsp3) is 0.130. The lowest BCUT2D eigenvalue weighted by Gasteiger charge is -2.21. The van der Waals surface area contributed by atoms with Gasteiger partial charge in [0.15, 0.2) is 0 Å². The third-order valence-corrected chi connectivity index (χ3v) is 4.82. The van der Waals surface area contributed by atoms with Crippen LogP contribution in [0.5, 0.6) is 0 Å². The Morgan fingerprint density at radius 3 is 2.28 bits per heavy atom. The molecule has 0 saturated carbocycles. The smallest absolute Gasteiger partial charge is 0.258 e. The zero-order chi connectivity index (χ0) is 20.6. The molecule has 0 spiro atoms. The molecule has 29 heavy (non-hydrogen) atoms. The lowest BCUT2D eigenvalue weighted by molar-refractivity contribution is -0.114. The predicted molar refractivity (Wildman–Crippen MR) is 121 cm³/mol. The van der Waals surface area contributed by atoms with Crippen molar-refractivity contribution in [2.45, 2.75) is 6.92 Å². The van der Waals surface area contributed by atoms with Gasteiger partial charge in [-0.05, 0) is 61.5 Å². The van der Waals surface area contributed by atoms with Crippen LogP contribution in [0.15, 0.2) is 83.3 Å². The van der Waals surface area contributed by atoms with Crippen molar-refractivity contribution in [1.29, 1.82) is 0 Å². The highest BCUT2D eigenvalue weighted by Gasteiger charge is 2.15. The average Bonchev–Trinajstić information content (AvgIpc) is 2.74. The van der Waals surface area contributed by atoms with Gasteiger partial charge in [0, 0.05) is 33.6 Å². The molecular weight excluding hydrogens is 430 g/mol. The second-order valence-corrected chi connectivity index (χ2v) is 7.29. The van der Waals surface area contributed by atoms with Crippen LogP contribution in [0.4, 0.5) is 17.1 Å². The lowest BCUT2D eigenvalue weighted by Crippen LogP contribution is -2.30. The first kappa shape index (κ1) is 20.6. The van der Waals surface area contributed by atoms with Gasteiger partial charge in [0.05, 0.1) is 6.54 Å². The van der Waals surface area contributed by atoms with E-state index in [4.69, 9.17) is 0 Å². The van der Waals surface area contributed by atoms with Crippen molar-refractivity contribution >= 4 is 44.8 Å². The van der Waals surface area contributed by atoms with E-state index >= 15 is 0 Å². The van der Waals surface area contributed by atoms with Crippen molar-refractivity contribution in [2.75, 3.05) is 28.6 Å². The maximum Gasteiger partial charge on any atom is 0.258 e. The van der Waals surface area contributed by atoms with Crippen LogP contribution in [-0.2, 0) is 4.79 Å². The topological polar surface area (TPSA) is 61.4 Å². The van der Waals surface area contributed by atoms with Gasteiger partial charge in [-0.3, -0.25) is 9.59 Å². The van der Waals surface area contributed by atoms with E-state index in [2.05, 4.69) is 26.6 Å². The molecule has 0 aliphatic carbocycles. The molecule has 0 fully saturated rings. The van der Waals surface area contributed by atoms with Gasteiger partial charge in [-0.1, -0.05) is 40.2 Å². The molecule has 0 heterocycles. The van der Waals surface area contributed by atoms with Crippen LogP contribution in [0.25, 0.3) is 0 Å². The van der Waals surface area contributed by atoms with E-state index in [9.17, 15) is 9.59 Å². The van der Waals surface area contributed by atoms with E-state index in [0.29, 0.717) is 12.1 Å². The van der Waals surface area contributed by atoms with Gasteiger partial charge in [-0.25, -0.2) is 0 Å². The molecule has 2 N–H and O–H groups in total. The minimum Gasteiger partial charge on any atom is -0.376 e. The summed E-state index contributed by atoms with van der Waals surface area (Å²) in [6, 6.07) is 24.2. The number of halogens is 1. The Labute approximate surface area is 178 Å². The number of nitrogens with one attached hydrogen (secondary N) is 2. The largest absolute Gasteiger partial charge is 0.376 e. The summed E-state index contributed by atoms with van der Waals surface area (Å²) in [5.74, 6) is -0.206. The first-order valence-electron chi connectivity index (χ1n) is 9.33. The van der Waals surface area contributed by atoms with Crippen LogP contribution < -0.4 is 15.5 Å². The number of amides is 2. The molecule has 3 rings (SSSR count). The van der Waals surface area contributed by atoms with E-state index in [1.807, 2.05) is 61.5 Å². The quantitative estimate of drug-likeness (QED) is 0.520. The Balaban J connectivity index is 1.58. The van der Waals surface area contributed by atoms with Crippen LogP contribution in [-0.4, -0.2) is 24.9 Å². The van der Waals surface area contributed by atoms with E-state index in [-0.39, 0.29) is 18.4 Å². The zero-order valence-electron chi connectivity index (χ0n) is 16.1. The molecule has 6 heteroatoms. The standard InChI is InChI=1S/C23H22BrN3O2/c1-2-27(21-9-4-3-5-10-21)23(29)17-11-13-19(14-12-17)25-16-22(28)26-20-8-6-7-18(24)15-20/h3-15,25H,2,16H2,1H3,(H,26,28). The van der Waals surface area contributed by atoms with E-state index in [0.717, 1.165) is 21.5 Å². The molecule has 148 valence electrons. The molecule has 0 saturated heterocycles. The number of hydrogen-bond donors (Lipinski definition) is 2. The Morgan fingerprint density at radius 1 is 0.897 bits per heavy atom. The molecule has 3 aromatic carbocycles. The second-order valence-electron chi connectivity index (χ2n) is 6.37. The fourth-order valence-corrected chi connectivity index (χ4v) is 3.29. The molecule has 0 bridgehead atoms. The van der Waals surface area contributed by atoms with E-state index in [1.54, 1.807) is 29.2 Å². The molecular formula is C23H22BrN3O2. The summed E-state index contributed by atoms with van der Waals surface area (Å²) in [6.07, 6.45) is 0. The van der Waals surface area contributed by atoms with Gasteiger partial charge >= 0.3 is 0 Å². The average molecular weight is 452 g/mol. The minimum atomic E-state index is -0.149. The maximum atomic E-state index is 12.8. The highest BCUT2D eigenvalue weighted by molar-refractivity contribution is 9.10. The first-order chi connectivity index (χ1) is 14.1. The van der Waals surface area contributed by atoms with Gasteiger partial charge in [-0.2, -0.15) is 0 Å². The molecule has 3 aromatic rings. The number of benzene rings is 3. The van der Waals surface area contributed by atoms with Crippen LogP contribution in [0.2, 0.25) is 0 Å². The van der Waals surface area contributed by atoms with Crippen LogP contribution in [0, 0.1) is 0 Å². The Hall–Kier alpha value is -3.12. The third kappa shape index (κ3) is 5.68. The summed E-state index contributed by atoms with van der Waals surface area (Å²) in [4.78, 5) is 26.7. The van der Waals surface area contributed by atoms with Crippen molar-refractivity contribution in [3.8, 4) is 0 Å². The molecule has 0 aliphatic rings. The van der Waals surface area contributed by atoms with Crippen molar-refractivity contribution in [3.05, 3.63) is 88.9 Å². The number of para-hydroxylation sites is 1. The zero-order valence-corrected chi connectivity index (χ0v) is 17.6. The monoisotopic (exact) mass is 451 g/mol. The van der Waals surface area contributed by atoms with Crippen molar-refractivity contribution in [1.82, 2.24) is 0 Å². The summed E-state index contributed by atoms with van der Waals surface area (Å²) in [5, 5.41) is 5.90. The fourth-order valence-electron chi connectivity index (χ4n) is 2.89. The van der Waals surface area contributed by atoms with E-state index < -0.39 is 0 Å². The molecule has 0 unspecified atom stereocenters. The Kier molecular flexibility index (Phi) is 7.03. The van der Waals surface area contributed by atoms with Gasteiger partial charge in [-0.15, -0.1) is 0 Å². The number of hydrogen-bond acceptors (Lipinski definition) is 3. The van der Waals surface area contributed by atoms with Gasteiger partial charge in [0.1, 0.15) is 0 Å². The normalized spacial score (nSPS) is 10.3. The SMILES string of the molecule is CCN(C(=O)c1ccc(NCC(=O)Nc2cccc(Br)c2)cc1)c1ccccc1. The van der Waals surface area contributed by atoms with Crippen molar-refractivity contribution in [3.63, 3.8) is 0 Å². The van der Waals surface area contributed by atoms with Crippen LogP contribution in [0.1, 0.15) is 17.3 Å². The molecule has 2 amide bonds. The minimum absolute atomic E-state index is 0.0577. The predicted octanol–water partition coefficient (Wildman–Crippen LogP) is 5.17. The van der Waals surface area contributed by atoms with E-state index in [1.165, 1.54) is 0 Å². The van der Waals surface area contributed by atoms with Crippen LogP contribution >= 0.6 is 15.9 Å². The highest BCUT2D eigenvalue weighted by atomic mass is 79.9. The second kappa shape index (κ2) is 9.89. The Morgan fingerprint density at radius 2 is 1.62 bits per heavy atom. The number of carbonyl (C=O) groups excluding carboxylic acids is 2. The molecule has 0 radical (unpaired) electrons. The van der Waals surface area contributed by atoms with Gasteiger partial charge in [0.25, 0.3) is 5.91 Å². The molecule has 0 atom stereocenters. The maximum absolute atomic E-state index is 12.8. The molecule has 5 nitrogen and oxygen atoms in total. The summed E-state index contributed by atoms with van der Waals surface area (Å²) >= 11 is 3.38. The highest BCUT2D eigenvalue weighted by Crippen LogP contribution is 2.18. The number of nitrogens with zero attached hydrogens (tertiary/aromatic N) is 1. The molecule has 0 aromatic heterocycles. The summed E-state index contributed by atoms with van der Waals surface area (Å²) < 4.78 is 0.903. The molecule has 0 aliphatic heterocycles. The summed E-state index contributed by atoms with van der Waals surface area (Å²) in [5.41, 5.74) is 2.97. The lowest BCUT2D eigenvalue weighted by atomic mass is 10.1. The van der Waals surface area contributed by atoms with Gasteiger partial charge in [0.2, 0.25) is 5.91 Å². The van der Waals surface area contributed by atoms with Crippen molar-refractivity contribution in [2.24, 2.45) is 0 Å². The van der Waals surface area contributed by atoms with Crippen LogP contribution in [0.3, 0.4) is 0 Å². The van der Waals surface area contributed by atoms with Crippen molar-refractivity contribution < 1.29 is 9.59 Å². The Bertz CT molecular complexity index is 975. The summed E-state index contributed by atoms with van der Waals surface area (Å²) in [7, 11) is 0. The first-order valence-corrected chi connectivity index (χ1v) is 10.1. The number of carbonyl (C=O) groups is 2. The third-order valence-electron chi connectivity index (χ3n) is 4.32.